The van der Waals surface area contributed by atoms with E-state index < -0.39 is 0 Å². The number of rotatable bonds is 4. The molecule has 1 amide bonds. The third-order valence-electron chi connectivity index (χ3n) is 5.12. The van der Waals surface area contributed by atoms with Crippen molar-refractivity contribution in [2.24, 2.45) is 4.99 Å². The largest absolute Gasteiger partial charge is 0.349 e. The van der Waals surface area contributed by atoms with Crippen molar-refractivity contribution >= 4 is 35.8 Å². The molecule has 0 saturated carbocycles. The van der Waals surface area contributed by atoms with Gasteiger partial charge in [0, 0.05) is 53.2 Å². The van der Waals surface area contributed by atoms with Gasteiger partial charge in [0.25, 0.3) is 0 Å². The molecule has 3 heterocycles. The Morgan fingerprint density at radius 3 is 2.41 bits per heavy atom. The average Bonchev–Trinajstić information content (AvgIpc) is 3.33. The maximum Gasteiger partial charge on any atom is 0.239 e. The third kappa shape index (κ3) is 5.53. The molecule has 2 saturated heterocycles. The van der Waals surface area contributed by atoms with Crippen molar-refractivity contribution in [3.8, 4) is 0 Å². The van der Waals surface area contributed by atoms with Crippen LogP contribution in [-0.4, -0.2) is 89.1 Å². The van der Waals surface area contributed by atoms with Crippen LogP contribution in [0.25, 0.3) is 0 Å². The lowest BCUT2D eigenvalue weighted by molar-refractivity contribution is -0.135. The summed E-state index contributed by atoms with van der Waals surface area (Å²) in [5.74, 6) is 2.27. The topological polar surface area (TPSA) is 90.1 Å². The second-order valence-corrected chi connectivity index (χ2v) is 6.86. The van der Waals surface area contributed by atoms with Gasteiger partial charge >= 0.3 is 0 Å². The molecule has 1 atom stereocenters. The number of aromatic nitrogens is 2. The van der Waals surface area contributed by atoms with Gasteiger partial charge in [-0.3, -0.25) is 14.7 Å². The van der Waals surface area contributed by atoms with E-state index in [0.29, 0.717) is 18.3 Å². The van der Waals surface area contributed by atoms with E-state index in [1.54, 1.807) is 14.0 Å². The number of piperazine rings is 1. The Balaban J connectivity index is 0.00000261. The molecule has 0 aromatic carbocycles. The Morgan fingerprint density at radius 1 is 1.19 bits per heavy atom. The monoisotopic (exact) mass is 491 g/mol. The van der Waals surface area contributed by atoms with E-state index in [2.05, 4.69) is 30.2 Å². The number of likely N-dealkylation sites (tertiary alicyclic amines) is 1. The SMILES string of the molecule is CN=C(NCc1noc(C)n1)N1CCN(C(C)C(=O)N2CCCC2)CC1.I. The molecule has 0 bridgehead atoms. The zero-order chi connectivity index (χ0) is 18.5. The maximum atomic E-state index is 12.6. The van der Waals surface area contributed by atoms with Gasteiger partial charge in [0.1, 0.15) is 0 Å². The second kappa shape index (κ2) is 10.2. The van der Waals surface area contributed by atoms with Crippen LogP contribution in [0.5, 0.6) is 0 Å². The fourth-order valence-electron chi connectivity index (χ4n) is 3.58. The molecule has 2 fully saturated rings. The van der Waals surface area contributed by atoms with Crippen molar-refractivity contribution in [3.05, 3.63) is 11.7 Å². The highest BCUT2D eigenvalue weighted by Crippen LogP contribution is 2.14. The summed E-state index contributed by atoms with van der Waals surface area (Å²) < 4.78 is 4.98. The van der Waals surface area contributed by atoms with E-state index in [1.807, 2.05) is 11.8 Å². The third-order valence-corrected chi connectivity index (χ3v) is 5.12. The van der Waals surface area contributed by atoms with E-state index in [-0.39, 0.29) is 35.9 Å². The van der Waals surface area contributed by atoms with Gasteiger partial charge in [-0.1, -0.05) is 5.16 Å². The molecule has 2 aliphatic rings. The predicted molar refractivity (Wildman–Crippen MR) is 113 cm³/mol. The Bertz CT molecular complexity index is 637. The van der Waals surface area contributed by atoms with Gasteiger partial charge in [0.15, 0.2) is 11.8 Å². The normalized spacial score (nSPS) is 19.7. The number of nitrogens with zero attached hydrogens (tertiary/aromatic N) is 6. The minimum Gasteiger partial charge on any atom is -0.349 e. The van der Waals surface area contributed by atoms with Gasteiger partial charge in [-0.2, -0.15) is 4.98 Å². The second-order valence-electron chi connectivity index (χ2n) is 6.86. The summed E-state index contributed by atoms with van der Waals surface area (Å²) in [6, 6.07) is -0.0486. The van der Waals surface area contributed by atoms with Crippen LogP contribution in [0, 0.1) is 6.92 Å². The Kier molecular flexibility index (Phi) is 8.27. The van der Waals surface area contributed by atoms with Crippen LogP contribution in [0.15, 0.2) is 9.52 Å². The summed E-state index contributed by atoms with van der Waals surface area (Å²) in [6.07, 6.45) is 2.27. The maximum absolute atomic E-state index is 12.6. The van der Waals surface area contributed by atoms with Crippen LogP contribution >= 0.6 is 24.0 Å². The highest BCUT2D eigenvalue weighted by Gasteiger charge is 2.30. The van der Waals surface area contributed by atoms with Crippen molar-refractivity contribution in [3.63, 3.8) is 0 Å². The number of aliphatic imine (C=N–C) groups is 1. The fraction of sp³-hybridized carbons (Fsp3) is 0.765. The number of nitrogens with one attached hydrogen (secondary N) is 1. The molecule has 1 N–H and O–H groups in total. The Labute approximate surface area is 177 Å². The highest BCUT2D eigenvalue weighted by atomic mass is 127. The van der Waals surface area contributed by atoms with Crippen molar-refractivity contribution in [2.45, 2.75) is 39.3 Å². The molecule has 27 heavy (non-hydrogen) atoms. The summed E-state index contributed by atoms with van der Waals surface area (Å²) in [4.78, 5) is 27.6. The molecule has 10 heteroatoms. The first kappa shape index (κ1) is 21.9. The zero-order valence-corrected chi connectivity index (χ0v) is 18.7. The molecule has 0 radical (unpaired) electrons. The van der Waals surface area contributed by atoms with Crippen molar-refractivity contribution in [2.75, 3.05) is 46.3 Å². The first-order valence-corrected chi connectivity index (χ1v) is 9.36. The van der Waals surface area contributed by atoms with Crippen LogP contribution in [0.4, 0.5) is 0 Å². The summed E-state index contributed by atoms with van der Waals surface area (Å²) in [5.41, 5.74) is 0. The first-order valence-electron chi connectivity index (χ1n) is 9.36. The summed E-state index contributed by atoms with van der Waals surface area (Å²) in [5, 5.41) is 7.16. The summed E-state index contributed by atoms with van der Waals surface area (Å²) >= 11 is 0. The van der Waals surface area contributed by atoms with Gasteiger partial charge < -0.3 is 19.6 Å². The molecule has 152 valence electrons. The van der Waals surface area contributed by atoms with Crippen LogP contribution in [0.1, 0.15) is 31.5 Å². The van der Waals surface area contributed by atoms with E-state index in [4.69, 9.17) is 4.52 Å². The number of carbonyl (C=O) groups is 1. The molecule has 0 spiro atoms. The lowest BCUT2D eigenvalue weighted by Crippen LogP contribution is -2.57. The number of hydrogen-bond donors (Lipinski definition) is 1. The fourth-order valence-corrected chi connectivity index (χ4v) is 3.58. The van der Waals surface area contributed by atoms with Gasteiger partial charge in [0.05, 0.1) is 12.6 Å². The zero-order valence-electron chi connectivity index (χ0n) is 16.3. The smallest absolute Gasteiger partial charge is 0.239 e. The average molecular weight is 491 g/mol. The molecule has 3 rings (SSSR count). The minimum absolute atomic E-state index is 0. The van der Waals surface area contributed by atoms with Crippen LogP contribution in [-0.2, 0) is 11.3 Å². The lowest BCUT2D eigenvalue weighted by Gasteiger charge is -2.39. The van der Waals surface area contributed by atoms with E-state index in [1.165, 1.54) is 0 Å². The molecule has 0 aliphatic carbocycles. The molecular formula is C17H30IN7O2. The number of aryl methyl sites for hydroxylation is 1. The first-order chi connectivity index (χ1) is 12.6. The van der Waals surface area contributed by atoms with Crippen LogP contribution in [0.2, 0.25) is 0 Å². The molecule has 1 aromatic heterocycles. The highest BCUT2D eigenvalue weighted by molar-refractivity contribution is 14.0. The Hall–Kier alpha value is -1.43. The number of hydrogen-bond acceptors (Lipinski definition) is 6. The van der Waals surface area contributed by atoms with Crippen LogP contribution in [0.3, 0.4) is 0 Å². The standard InChI is InChI=1S/C17H29N7O2.HI/c1-13(16(25)23-6-4-5-7-23)22-8-10-24(11-9-22)17(18-3)19-12-15-20-14(2)26-21-15;/h13H,4-12H2,1-3H3,(H,18,19);1H. The molecule has 9 nitrogen and oxygen atoms in total. The summed E-state index contributed by atoms with van der Waals surface area (Å²) in [6.45, 7) is 9.48. The van der Waals surface area contributed by atoms with Crippen LogP contribution < -0.4 is 5.32 Å². The molecule has 1 aromatic rings. The van der Waals surface area contributed by atoms with Crippen molar-refractivity contribution < 1.29 is 9.32 Å². The van der Waals surface area contributed by atoms with Gasteiger partial charge in [-0.25, -0.2) is 0 Å². The van der Waals surface area contributed by atoms with E-state index >= 15 is 0 Å². The van der Waals surface area contributed by atoms with Gasteiger partial charge in [-0.05, 0) is 19.8 Å². The molecule has 2 aliphatic heterocycles. The minimum atomic E-state index is -0.0486. The number of carbonyl (C=O) groups excluding carboxylic acids is 1. The quantitative estimate of drug-likeness (QED) is 0.377. The molecule has 1 unspecified atom stereocenters. The molecular weight excluding hydrogens is 461 g/mol. The number of halogens is 1. The number of guanidine groups is 1. The van der Waals surface area contributed by atoms with Gasteiger partial charge in [-0.15, -0.1) is 24.0 Å². The number of amides is 1. The summed E-state index contributed by atoms with van der Waals surface area (Å²) in [7, 11) is 1.77. The van der Waals surface area contributed by atoms with Crippen molar-refractivity contribution in [1.82, 2.24) is 30.2 Å². The predicted octanol–water partition coefficient (Wildman–Crippen LogP) is 0.700. The lowest BCUT2D eigenvalue weighted by atomic mass is 10.2. The van der Waals surface area contributed by atoms with Crippen molar-refractivity contribution in [1.29, 1.82) is 0 Å². The van der Waals surface area contributed by atoms with E-state index in [9.17, 15) is 4.79 Å². The Morgan fingerprint density at radius 2 is 1.85 bits per heavy atom. The van der Waals surface area contributed by atoms with Gasteiger partial charge in [0.2, 0.25) is 11.8 Å². The van der Waals surface area contributed by atoms with E-state index in [0.717, 1.165) is 58.1 Å².